The molecule has 0 rings (SSSR count). The Bertz CT molecular complexity index is 263. The van der Waals surface area contributed by atoms with Crippen molar-refractivity contribution >= 4 is 5.91 Å². The lowest BCUT2D eigenvalue weighted by Gasteiger charge is -2.26. The molecule has 0 saturated carbocycles. The van der Waals surface area contributed by atoms with Gasteiger partial charge < -0.3 is 16.4 Å². The molecule has 0 aromatic heterocycles. The Morgan fingerprint density at radius 3 is 1.85 bits per heavy atom. The maximum absolute atomic E-state index is 11.2. The van der Waals surface area contributed by atoms with Gasteiger partial charge in [0, 0.05) is 0 Å². The van der Waals surface area contributed by atoms with Crippen LogP contribution >= 0.6 is 0 Å². The third kappa shape index (κ3) is 9.32. The van der Waals surface area contributed by atoms with Gasteiger partial charge in [-0.3, -0.25) is 4.79 Å². The summed E-state index contributed by atoms with van der Waals surface area (Å²) in [7, 11) is 0. The van der Waals surface area contributed by atoms with Crippen molar-refractivity contribution < 1.29 is 4.79 Å². The lowest BCUT2D eigenvalue weighted by molar-refractivity contribution is -0.122. The first-order chi connectivity index (χ1) is 9.15. The van der Waals surface area contributed by atoms with Gasteiger partial charge in [0.25, 0.3) is 0 Å². The highest BCUT2D eigenvalue weighted by Crippen LogP contribution is 2.11. The maximum atomic E-state index is 11.2. The van der Waals surface area contributed by atoms with Gasteiger partial charge in [-0.2, -0.15) is 0 Å². The summed E-state index contributed by atoms with van der Waals surface area (Å²) in [6.07, 6.45) is 4.01. The van der Waals surface area contributed by atoms with Crippen molar-refractivity contribution in [2.24, 2.45) is 23.3 Å². The molecule has 0 spiro atoms. The molecule has 0 heterocycles. The van der Waals surface area contributed by atoms with Gasteiger partial charge in [0.15, 0.2) is 0 Å². The standard InChI is InChI=1S/C16H35N3O/c1-13(2)7-11-19(12-8-14(3)4)10-6-9-16(5,18)15(17)20/h13-14H,6-12,18H2,1-5H3,(H2,17,20). The molecule has 0 aliphatic carbocycles. The molecule has 0 fully saturated rings. The van der Waals surface area contributed by atoms with E-state index in [4.69, 9.17) is 11.5 Å². The number of carbonyl (C=O) groups excluding carboxylic acids is 1. The van der Waals surface area contributed by atoms with Gasteiger partial charge in [-0.05, 0) is 64.1 Å². The molecule has 0 bridgehead atoms. The number of hydrogen-bond donors (Lipinski definition) is 2. The normalized spacial score (nSPS) is 15.1. The second kappa shape index (κ2) is 9.35. The highest BCUT2D eigenvalue weighted by atomic mass is 16.1. The Morgan fingerprint density at radius 2 is 1.50 bits per heavy atom. The van der Waals surface area contributed by atoms with Gasteiger partial charge >= 0.3 is 0 Å². The van der Waals surface area contributed by atoms with Crippen molar-refractivity contribution in [1.82, 2.24) is 4.90 Å². The summed E-state index contributed by atoms with van der Waals surface area (Å²) >= 11 is 0. The minimum atomic E-state index is -0.873. The quantitative estimate of drug-likeness (QED) is 0.612. The van der Waals surface area contributed by atoms with Crippen LogP contribution in [0.5, 0.6) is 0 Å². The number of carbonyl (C=O) groups is 1. The molecular formula is C16H35N3O. The predicted molar refractivity (Wildman–Crippen MR) is 86.4 cm³/mol. The summed E-state index contributed by atoms with van der Waals surface area (Å²) in [4.78, 5) is 13.7. The summed E-state index contributed by atoms with van der Waals surface area (Å²) in [5.41, 5.74) is 10.3. The highest BCUT2D eigenvalue weighted by Gasteiger charge is 2.25. The molecule has 0 saturated heterocycles. The van der Waals surface area contributed by atoms with Gasteiger partial charge in [-0.1, -0.05) is 27.7 Å². The molecule has 1 amide bonds. The number of amides is 1. The molecule has 4 heteroatoms. The first-order valence-electron chi connectivity index (χ1n) is 7.96. The molecule has 4 N–H and O–H groups in total. The third-order valence-corrected chi connectivity index (χ3v) is 3.78. The largest absolute Gasteiger partial charge is 0.368 e. The van der Waals surface area contributed by atoms with Crippen LogP contribution in [0, 0.1) is 11.8 Å². The van der Waals surface area contributed by atoms with Crippen LogP contribution in [-0.4, -0.2) is 36.0 Å². The van der Waals surface area contributed by atoms with E-state index in [-0.39, 0.29) is 0 Å². The Hall–Kier alpha value is -0.610. The van der Waals surface area contributed by atoms with Gasteiger partial charge in [0.2, 0.25) is 5.91 Å². The molecule has 4 nitrogen and oxygen atoms in total. The summed E-state index contributed by atoms with van der Waals surface area (Å²) in [5, 5.41) is 0. The van der Waals surface area contributed by atoms with Crippen molar-refractivity contribution in [3.8, 4) is 0 Å². The molecule has 0 aliphatic heterocycles. The van der Waals surface area contributed by atoms with E-state index in [1.54, 1.807) is 6.92 Å². The Kier molecular flexibility index (Phi) is 9.06. The van der Waals surface area contributed by atoms with Crippen molar-refractivity contribution in [2.45, 2.75) is 65.8 Å². The zero-order valence-corrected chi connectivity index (χ0v) is 14.1. The van der Waals surface area contributed by atoms with Gasteiger partial charge in [0.05, 0.1) is 5.54 Å². The van der Waals surface area contributed by atoms with Crippen molar-refractivity contribution in [2.75, 3.05) is 19.6 Å². The van der Waals surface area contributed by atoms with Crippen LogP contribution in [0.3, 0.4) is 0 Å². The molecule has 0 radical (unpaired) electrons. The minimum Gasteiger partial charge on any atom is -0.368 e. The van der Waals surface area contributed by atoms with Crippen LogP contribution in [0.15, 0.2) is 0 Å². The Labute approximate surface area is 125 Å². The van der Waals surface area contributed by atoms with Crippen LogP contribution in [0.4, 0.5) is 0 Å². The second-order valence-corrected chi connectivity index (χ2v) is 7.09. The number of hydrogen-bond acceptors (Lipinski definition) is 3. The van der Waals surface area contributed by atoms with E-state index < -0.39 is 11.4 Å². The summed E-state index contributed by atoms with van der Waals surface area (Å²) in [5.74, 6) is 1.04. The molecule has 0 aliphatic rings. The average Bonchev–Trinajstić information content (AvgIpc) is 2.31. The number of nitrogens with two attached hydrogens (primary N) is 2. The fraction of sp³-hybridized carbons (Fsp3) is 0.938. The molecule has 0 aromatic carbocycles. The van der Waals surface area contributed by atoms with E-state index in [1.807, 2.05) is 0 Å². The highest BCUT2D eigenvalue weighted by molar-refractivity contribution is 5.83. The van der Waals surface area contributed by atoms with Gasteiger partial charge in [-0.15, -0.1) is 0 Å². The van der Waals surface area contributed by atoms with Crippen LogP contribution in [-0.2, 0) is 4.79 Å². The fourth-order valence-electron chi connectivity index (χ4n) is 2.01. The zero-order valence-electron chi connectivity index (χ0n) is 14.1. The van der Waals surface area contributed by atoms with Crippen molar-refractivity contribution in [1.29, 1.82) is 0 Å². The topological polar surface area (TPSA) is 72.3 Å². The Balaban J connectivity index is 4.17. The fourth-order valence-corrected chi connectivity index (χ4v) is 2.01. The molecular weight excluding hydrogens is 250 g/mol. The van der Waals surface area contributed by atoms with Crippen LogP contribution < -0.4 is 11.5 Å². The van der Waals surface area contributed by atoms with E-state index in [0.29, 0.717) is 6.42 Å². The maximum Gasteiger partial charge on any atom is 0.237 e. The number of nitrogens with zero attached hydrogens (tertiary/aromatic N) is 1. The summed E-state index contributed by atoms with van der Waals surface area (Å²) < 4.78 is 0. The third-order valence-electron chi connectivity index (χ3n) is 3.78. The van der Waals surface area contributed by atoms with Crippen LogP contribution in [0.25, 0.3) is 0 Å². The lowest BCUT2D eigenvalue weighted by Crippen LogP contribution is -2.49. The first kappa shape index (κ1) is 19.4. The van der Waals surface area contributed by atoms with Crippen LogP contribution in [0.1, 0.15) is 60.3 Å². The smallest absolute Gasteiger partial charge is 0.237 e. The van der Waals surface area contributed by atoms with E-state index in [1.165, 1.54) is 12.8 Å². The lowest BCUT2D eigenvalue weighted by atomic mass is 9.96. The van der Waals surface area contributed by atoms with Crippen molar-refractivity contribution in [3.05, 3.63) is 0 Å². The van der Waals surface area contributed by atoms with E-state index >= 15 is 0 Å². The molecule has 20 heavy (non-hydrogen) atoms. The Morgan fingerprint density at radius 1 is 1.05 bits per heavy atom. The summed E-state index contributed by atoms with van der Waals surface area (Å²) in [6.45, 7) is 14.0. The SMILES string of the molecule is CC(C)CCN(CCCC(C)(N)C(N)=O)CCC(C)C. The summed E-state index contributed by atoms with van der Waals surface area (Å²) in [6, 6.07) is 0. The van der Waals surface area contributed by atoms with E-state index in [0.717, 1.165) is 37.9 Å². The minimum absolute atomic E-state index is 0.409. The number of primary amides is 1. The number of rotatable bonds is 11. The zero-order chi connectivity index (χ0) is 15.8. The molecule has 120 valence electrons. The van der Waals surface area contributed by atoms with E-state index in [2.05, 4.69) is 32.6 Å². The first-order valence-corrected chi connectivity index (χ1v) is 7.96. The molecule has 1 atom stereocenters. The predicted octanol–water partition coefficient (Wildman–Crippen LogP) is 2.36. The second-order valence-electron chi connectivity index (χ2n) is 7.09. The van der Waals surface area contributed by atoms with Gasteiger partial charge in [-0.25, -0.2) is 0 Å². The molecule has 0 aromatic rings. The molecule has 1 unspecified atom stereocenters. The average molecular weight is 285 g/mol. The monoisotopic (exact) mass is 285 g/mol. The van der Waals surface area contributed by atoms with Crippen LogP contribution in [0.2, 0.25) is 0 Å². The van der Waals surface area contributed by atoms with Gasteiger partial charge in [0.1, 0.15) is 0 Å². The van der Waals surface area contributed by atoms with Crippen molar-refractivity contribution in [3.63, 3.8) is 0 Å². The van der Waals surface area contributed by atoms with E-state index in [9.17, 15) is 4.79 Å².